The Balaban J connectivity index is 2.29. The van der Waals surface area contributed by atoms with E-state index in [0.29, 0.717) is 11.6 Å². The molecule has 1 aromatic heterocycles. The van der Waals surface area contributed by atoms with E-state index in [4.69, 9.17) is 5.84 Å². The maximum atomic E-state index is 12.7. The number of hydrogen-bond acceptors (Lipinski definition) is 5. The van der Waals surface area contributed by atoms with Crippen LogP contribution in [-0.4, -0.2) is 30.8 Å². The highest BCUT2D eigenvalue weighted by atomic mass is 32.2. The number of nitrogens with one attached hydrogen (secondary N) is 1. The normalized spacial score (nSPS) is 23.8. The summed E-state index contributed by atoms with van der Waals surface area (Å²) in [5.74, 6) is 5.95. The van der Waals surface area contributed by atoms with E-state index in [1.165, 1.54) is 23.1 Å². The molecule has 3 N–H and O–H groups in total. The average Bonchev–Trinajstić information content (AvgIpc) is 2.46. The van der Waals surface area contributed by atoms with Crippen molar-refractivity contribution in [2.24, 2.45) is 11.8 Å². The topological polar surface area (TPSA) is 88.3 Å². The van der Waals surface area contributed by atoms with Crippen LogP contribution in [0.15, 0.2) is 23.4 Å². The van der Waals surface area contributed by atoms with Crippen molar-refractivity contribution in [3.05, 3.63) is 18.5 Å². The van der Waals surface area contributed by atoms with E-state index >= 15 is 0 Å². The zero-order valence-corrected chi connectivity index (χ0v) is 12.7. The van der Waals surface area contributed by atoms with Crippen molar-refractivity contribution < 1.29 is 8.42 Å². The molecule has 1 fully saturated rings. The van der Waals surface area contributed by atoms with Gasteiger partial charge in [-0.25, -0.2) is 8.42 Å². The number of anilines is 1. The molecule has 1 saturated carbocycles. The number of pyridine rings is 1. The van der Waals surface area contributed by atoms with Crippen LogP contribution in [0.25, 0.3) is 0 Å². The minimum absolute atomic E-state index is 0.0505. The number of hydrogen-bond donors (Lipinski definition) is 2. The van der Waals surface area contributed by atoms with Crippen LogP contribution in [0.2, 0.25) is 0 Å². The van der Waals surface area contributed by atoms with Gasteiger partial charge in [0.25, 0.3) is 0 Å². The molecular weight excluding hydrogens is 276 g/mol. The third kappa shape index (κ3) is 2.94. The third-order valence-corrected chi connectivity index (χ3v) is 5.96. The number of nitrogens with two attached hydrogens (primary N) is 1. The molecule has 2 atom stereocenters. The van der Waals surface area contributed by atoms with E-state index in [0.717, 1.165) is 19.3 Å². The zero-order chi connectivity index (χ0) is 14.8. The van der Waals surface area contributed by atoms with Gasteiger partial charge in [0.1, 0.15) is 4.90 Å². The van der Waals surface area contributed by atoms with Crippen LogP contribution in [0.5, 0.6) is 0 Å². The Morgan fingerprint density at radius 2 is 2.20 bits per heavy atom. The summed E-state index contributed by atoms with van der Waals surface area (Å²) in [7, 11) is -1.93. The molecule has 1 aliphatic rings. The molecule has 0 radical (unpaired) electrons. The van der Waals surface area contributed by atoms with E-state index in [1.807, 2.05) is 0 Å². The van der Waals surface area contributed by atoms with Crippen LogP contribution < -0.4 is 11.3 Å². The fraction of sp³-hybridized carbons (Fsp3) is 0.615. The van der Waals surface area contributed by atoms with Gasteiger partial charge in [-0.15, -0.1) is 0 Å². The zero-order valence-electron chi connectivity index (χ0n) is 11.9. The van der Waals surface area contributed by atoms with Crippen molar-refractivity contribution >= 4 is 15.7 Å². The summed E-state index contributed by atoms with van der Waals surface area (Å²) in [6, 6.07) is 1.61. The van der Waals surface area contributed by atoms with Crippen molar-refractivity contribution in [1.29, 1.82) is 0 Å². The molecule has 2 unspecified atom stereocenters. The first kappa shape index (κ1) is 15.2. The SMILES string of the molecule is CC1CCCC(N(C)S(=O)(=O)c2cnccc2NN)C1. The number of nitrogen functional groups attached to an aromatic ring is 1. The summed E-state index contributed by atoms with van der Waals surface area (Å²) in [4.78, 5) is 4.03. The van der Waals surface area contributed by atoms with Gasteiger partial charge in [-0.2, -0.15) is 4.31 Å². The predicted octanol–water partition coefficient (Wildman–Crippen LogP) is 1.57. The molecule has 1 aromatic rings. The Hall–Kier alpha value is -1.18. The van der Waals surface area contributed by atoms with Crippen molar-refractivity contribution in [2.45, 2.75) is 43.5 Å². The van der Waals surface area contributed by atoms with Crippen LogP contribution in [0.1, 0.15) is 32.6 Å². The minimum Gasteiger partial charge on any atom is -0.323 e. The van der Waals surface area contributed by atoms with E-state index in [-0.39, 0.29) is 10.9 Å². The largest absolute Gasteiger partial charge is 0.323 e. The maximum Gasteiger partial charge on any atom is 0.246 e. The smallest absolute Gasteiger partial charge is 0.246 e. The summed E-state index contributed by atoms with van der Waals surface area (Å²) in [6.45, 7) is 2.17. The molecule has 0 saturated heterocycles. The molecule has 0 amide bonds. The second kappa shape index (κ2) is 6.07. The van der Waals surface area contributed by atoms with Gasteiger partial charge in [0, 0.05) is 25.5 Å². The summed E-state index contributed by atoms with van der Waals surface area (Å²) < 4.78 is 26.9. The van der Waals surface area contributed by atoms with Crippen molar-refractivity contribution in [3.8, 4) is 0 Å². The highest BCUT2D eigenvalue weighted by Gasteiger charge is 2.32. The Bertz CT molecular complexity index is 561. The van der Waals surface area contributed by atoms with E-state index in [1.54, 1.807) is 13.1 Å². The molecule has 112 valence electrons. The number of hydrazine groups is 1. The number of nitrogens with zero attached hydrogens (tertiary/aromatic N) is 2. The predicted molar refractivity (Wildman–Crippen MR) is 78.4 cm³/mol. The maximum absolute atomic E-state index is 12.7. The molecule has 1 heterocycles. The highest BCUT2D eigenvalue weighted by molar-refractivity contribution is 7.89. The molecule has 0 aromatic carbocycles. The van der Waals surface area contributed by atoms with Crippen molar-refractivity contribution in [3.63, 3.8) is 0 Å². The van der Waals surface area contributed by atoms with Crippen LogP contribution >= 0.6 is 0 Å². The summed E-state index contributed by atoms with van der Waals surface area (Å²) in [5, 5.41) is 0. The number of aromatic nitrogens is 1. The van der Waals surface area contributed by atoms with Gasteiger partial charge in [-0.3, -0.25) is 10.8 Å². The van der Waals surface area contributed by atoms with Crippen LogP contribution in [0.3, 0.4) is 0 Å². The van der Waals surface area contributed by atoms with E-state index in [2.05, 4.69) is 17.3 Å². The van der Waals surface area contributed by atoms with Gasteiger partial charge in [0.15, 0.2) is 0 Å². The van der Waals surface area contributed by atoms with Crippen LogP contribution in [0.4, 0.5) is 5.69 Å². The Morgan fingerprint density at radius 3 is 2.85 bits per heavy atom. The number of rotatable bonds is 4. The quantitative estimate of drug-likeness (QED) is 0.650. The molecule has 2 rings (SSSR count). The molecule has 6 nitrogen and oxygen atoms in total. The summed E-state index contributed by atoms with van der Waals surface area (Å²) >= 11 is 0. The fourth-order valence-electron chi connectivity index (χ4n) is 2.79. The van der Waals surface area contributed by atoms with Gasteiger partial charge < -0.3 is 5.43 Å². The Labute approximate surface area is 120 Å². The van der Waals surface area contributed by atoms with Crippen LogP contribution in [-0.2, 0) is 10.0 Å². The highest BCUT2D eigenvalue weighted by Crippen LogP contribution is 2.31. The summed E-state index contributed by atoms with van der Waals surface area (Å²) in [5.41, 5.74) is 2.79. The van der Waals surface area contributed by atoms with Crippen LogP contribution in [0, 0.1) is 5.92 Å². The van der Waals surface area contributed by atoms with Gasteiger partial charge in [0.05, 0.1) is 5.69 Å². The van der Waals surface area contributed by atoms with E-state index < -0.39 is 10.0 Å². The monoisotopic (exact) mass is 298 g/mol. The first-order chi connectivity index (χ1) is 9.46. The van der Waals surface area contributed by atoms with Crippen molar-refractivity contribution in [1.82, 2.24) is 9.29 Å². The molecule has 0 aliphatic heterocycles. The van der Waals surface area contributed by atoms with Crippen molar-refractivity contribution in [2.75, 3.05) is 12.5 Å². The second-order valence-corrected chi connectivity index (χ2v) is 7.43. The van der Waals surface area contributed by atoms with Gasteiger partial charge in [0.2, 0.25) is 10.0 Å². The van der Waals surface area contributed by atoms with Gasteiger partial charge >= 0.3 is 0 Å². The second-order valence-electron chi connectivity index (χ2n) is 5.46. The van der Waals surface area contributed by atoms with E-state index in [9.17, 15) is 8.42 Å². The number of sulfonamides is 1. The molecule has 7 heteroatoms. The lowest BCUT2D eigenvalue weighted by Crippen LogP contribution is -2.40. The third-order valence-electron chi connectivity index (χ3n) is 4.02. The minimum atomic E-state index is -3.58. The summed E-state index contributed by atoms with van der Waals surface area (Å²) in [6.07, 6.45) is 6.91. The lowest BCUT2D eigenvalue weighted by atomic mass is 9.87. The molecule has 1 aliphatic carbocycles. The molecule has 20 heavy (non-hydrogen) atoms. The Morgan fingerprint density at radius 1 is 1.45 bits per heavy atom. The average molecular weight is 298 g/mol. The van der Waals surface area contributed by atoms with Gasteiger partial charge in [-0.05, 0) is 24.8 Å². The molecule has 0 bridgehead atoms. The lowest BCUT2D eigenvalue weighted by Gasteiger charge is -2.33. The lowest BCUT2D eigenvalue weighted by molar-refractivity contribution is 0.239. The standard InChI is InChI=1S/C13H22N4O2S/c1-10-4-3-5-11(8-10)17(2)20(18,19)13-9-15-7-6-12(13)16-14/h6-7,9-11H,3-5,8,14H2,1-2H3,(H,15,16). The Kier molecular flexibility index (Phi) is 4.62. The van der Waals surface area contributed by atoms with Gasteiger partial charge in [-0.1, -0.05) is 19.8 Å². The fourth-order valence-corrected chi connectivity index (χ4v) is 4.28. The first-order valence-electron chi connectivity index (χ1n) is 6.85. The first-order valence-corrected chi connectivity index (χ1v) is 8.29. The molecule has 0 spiro atoms. The molecular formula is C13H22N4O2S.